The fourth-order valence-electron chi connectivity index (χ4n) is 5.57. The van der Waals surface area contributed by atoms with Crippen molar-refractivity contribution in [1.29, 1.82) is 0 Å². The summed E-state index contributed by atoms with van der Waals surface area (Å²) in [7, 11) is 0. The molecular formula is C31H39BrN4O5. The highest BCUT2D eigenvalue weighted by molar-refractivity contribution is 9.10. The Morgan fingerprint density at radius 1 is 0.976 bits per heavy atom. The van der Waals surface area contributed by atoms with Crippen LogP contribution in [-0.4, -0.2) is 45.0 Å². The molecule has 0 bridgehead atoms. The SMILES string of the molecule is CCCCCCCCCC[C@H](O)C1C=CC2C(=O)N(c3ccc(C)c(Br)c3)C(=O)[C@H]2N1Nc1ccc([N+](=O)[O-])cc1. The van der Waals surface area contributed by atoms with E-state index in [-0.39, 0.29) is 11.6 Å². The number of aliphatic hydroxyl groups is 1. The Hall–Kier alpha value is -3.08. The first-order chi connectivity index (χ1) is 19.7. The van der Waals surface area contributed by atoms with Gasteiger partial charge in [-0.25, -0.2) is 9.91 Å². The van der Waals surface area contributed by atoms with Crippen molar-refractivity contribution < 1.29 is 19.6 Å². The Bertz CT molecular complexity index is 1270. The molecule has 2 aliphatic rings. The number of aliphatic hydroxyl groups excluding tert-OH is 1. The van der Waals surface area contributed by atoms with Crippen LogP contribution in [-0.2, 0) is 9.59 Å². The van der Waals surface area contributed by atoms with Crippen LogP contribution in [0.15, 0.2) is 59.1 Å². The molecule has 0 aromatic heterocycles. The van der Waals surface area contributed by atoms with Gasteiger partial charge in [-0.1, -0.05) is 92.4 Å². The number of hydrogen-bond donors (Lipinski definition) is 2. The topological polar surface area (TPSA) is 116 Å². The van der Waals surface area contributed by atoms with Gasteiger partial charge in [0, 0.05) is 22.3 Å². The molecule has 1 saturated heterocycles. The minimum absolute atomic E-state index is 0.0542. The average molecular weight is 628 g/mol. The number of imide groups is 1. The number of rotatable bonds is 14. The van der Waals surface area contributed by atoms with Gasteiger partial charge in [0.1, 0.15) is 6.04 Å². The molecule has 10 heteroatoms. The van der Waals surface area contributed by atoms with Crippen molar-refractivity contribution >= 4 is 44.8 Å². The zero-order valence-electron chi connectivity index (χ0n) is 23.7. The molecule has 2 heterocycles. The molecule has 2 aromatic rings. The lowest BCUT2D eigenvalue weighted by atomic mass is 9.91. The van der Waals surface area contributed by atoms with Crippen LogP contribution in [0.5, 0.6) is 0 Å². The number of carbonyl (C=O) groups excluding carboxylic acids is 2. The summed E-state index contributed by atoms with van der Waals surface area (Å²) in [6.07, 6.45) is 12.5. The van der Waals surface area contributed by atoms with E-state index in [0.29, 0.717) is 17.8 Å². The zero-order valence-corrected chi connectivity index (χ0v) is 25.3. The van der Waals surface area contributed by atoms with Gasteiger partial charge in [0.05, 0.1) is 28.7 Å². The van der Waals surface area contributed by atoms with Crippen LogP contribution in [0.25, 0.3) is 0 Å². The van der Waals surface area contributed by atoms with E-state index in [4.69, 9.17) is 0 Å². The predicted octanol–water partition coefficient (Wildman–Crippen LogP) is 6.68. The molecule has 41 heavy (non-hydrogen) atoms. The number of nitrogens with zero attached hydrogens (tertiary/aromatic N) is 3. The molecule has 4 atom stereocenters. The third-order valence-electron chi connectivity index (χ3n) is 7.95. The second-order valence-corrected chi connectivity index (χ2v) is 11.8. The molecule has 0 saturated carbocycles. The summed E-state index contributed by atoms with van der Waals surface area (Å²) in [5, 5.41) is 24.1. The number of amides is 2. The highest BCUT2D eigenvalue weighted by Gasteiger charge is 2.54. The number of aryl methyl sites for hydroxylation is 1. The third kappa shape index (κ3) is 7.23. The molecule has 2 unspecified atom stereocenters. The van der Waals surface area contributed by atoms with Crippen molar-refractivity contribution in [3.05, 3.63) is 74.8 Å². The van der Waals surface area contributed by atoms with Crippen LogP contribution in [0.2, 0.25) is 0 Å². The maximum absolute atomic E-state index is 13.9. The van der Waals surface area contributed by atoms with E-state index in [2.05, 4.69) is 28.3 Å². The smallest absolute Gasteiger partial charge is 0.269 e. The summed E-state index contributed by atoms with van der Waals surface area (Å²) in [4.78, 5) is 39.3. The summed E-state index contributed by atoms with van der Waals surface area (Å²) in [5.41, 5.74) is 5.14. The minimum Gasteiger partial charge on any atom is -0.391 e. The number of unbranched alkanes of at least 4 members (excludes halogenated alkanes) is 7. The van der Waals surface area contributed by atoms with Gasteiger partial charge in [0.2, 0.25) is 5.91 Å². The van der Waals surface area contributed by atoms with Gasteiger partial charge in [-0.15, -0.1) is 0 Å². The van der Waals surface area contributed by atoms with Gasteiger partial charge in [0.15, 0.2) is 0 Å². The fourth-order valence-corrected chi connectivity index (χ4v) is 5.93. The lowest BCUT2D eigenvalue weighted by molar-refractivity contribution is -0.384. The molecule has 220 valence electrons. The Balaban J connectivity index is 1.53. The lowest BCUT2D eigenvalue weighted by Crippen LogP contribution is -2.57. The summed E-state index contributed by atoms with van der Waals surface area (Å²) >= 11 is 3.49. The molecule has 0 aliphatic carbocycles. The van der Waals surface area contributed by atoms with Crippen molar-refractivity contribution in [2.24, 2.45) is 5.92 Å². The largest absolute Gasteiger partial charge is 0.391 e. The fraction of sp³-hybridized carbons (Fsp3) is 0.484. The van der Waals surface area contributed by atoms with Gasteiger partial charge < -0.3 is 10.5 Å². The van der Waals surface area contributed by atoms with Crippen molar-refractivity contribution in [3.8, 4) is 0 Å². The van der Waals surface area contributed by atoms with E-state index in [1.165, 1.54) is 49.1 Å². The van der Waals surface area contributed by atoms with E-state index < -0.39 is 34.9 Å². The highest BCUT2D eigenvalue weighted by Crippen LogP contribution is 2.37. The van der Waals surface area contributed by atoms with E-state index in [1.807, 2.05) is 13.0 Å². The molecule has 0 radical (unpaired) electrons. The number of nitro groups is 1. The maximum Gasteiger partial charge on any atom is 0.269 e. The Morgan fingerprint density at radius 3 is 2.27 bits per heavy atom. The molecule has 9 nitrogen and oxygen atoms in total. The summed E-state index contributed by atoms with van der Waals surface area (Å²) in [6, 6.07) is 9.77. The summed E-state index contributed by atoms with van der Waals surface area (Å²) < 4.78 is 0.792. The highest BCUT2D eigenvalue weighted by atomic mass is 79.9. The average Bonchev–Trinajstić information content (AvgIpc) is 3.21. The molecule has 2 aromatic carbocycles. The van der Waals surface area contributed by atoms with Crippen LogP contribution in [0.4, 0.5) is 17.1 Å². The number of hydrazine groups is 1. The van der Waals surface area contributed by atoms with Crippen molar-refractivity contribution in [1.82, 2.24) is 5.01 Å². The van der Waals surface area contributed by atoms with Gasteiger partial charge in [-0.2, -0.15) is 0 Å². The second-order valence-electron chi connectivity index (χ2n) is 10.9. The Morgan fingerprint density at radius 2 is 1.63 bits per heavy atom. The number of carbonyl (C=O) groups is 2. The minimum atomic E-state index is -0.888. The molecule has 2 N–H and O–H groups in total. The van der Waals surface area contributed by atoms with E-state index in [0.717, 1.165) is 29.3 Å². The third-order valence-corrected chi connectivity index (χ3v) is 8.81. The van der Waals surface area contributed by atoms with Gasteiger partial charge in [-0.3, -0.25) is 19.7 Å². The first-order valence-corrected chi connectivity index (χ1v) is 15.3. The number of halogens is 1. The van der Waals surface area contributed by atoms with Gasteiger partial charge in [0.25, 0.3) is 11.6 Å². The molecular weight excluding hydrogens is 588 g/mol. The normalized spacial score (nSPS) is 21.3. The number of nitro benzene ring substituents is 1. The van der Waals surface area contributed by atoms with E-state index in [1.54, 1.807) is 41.4 Å². The first kappa shape index (κ1) is 30.9. The monoisotopic (exact) mass is 626 g/mol. The Kier molecular flexibility index (Phi) is 10.7. The molecule has 0 spiro atoms. The summed E-state index contributed by atoms with van der Waals surface area (Å²) in [6.45, 7) is 4.13. The summed E-state index contributed by atoms with van der Waals surface area (Å²) in [5.74, 6) is -1.46. The van der Waals surface area contributed by atoms with E-state index in [9.17, 15) is 24.8 Å². The number of benzene rings is 2. The standard InChI is InChI=1S/C31H39BrN4O5/c1-3-4-5-6-7-8-9-10-11-28(37)27-19-18-25-29(35(27)33-22-13-16-23(17-14-22)36(40)41)31(39)34(30(25)38)24-15-12-21(2)26(32)20-24/h12-20,25,27-29,33,37H,3-11H2,1-2H3/t25?,27?,28-,29-/m0/s1. The van der Waals surface area contributed by atoms with Crippen molar-refractivity contribution in [3.63, 3.8) is 0 Å². The predicted molar refractivity (Wildman–Crippen MR) is 163 cm³/mol. The van der Waals surface area contributed by atoms with Crippen LogP contribution >= 0.6 is 15.9 Å². The van der Waals surface area contributed by atoms with Gasteiger partial charge >= 0.3 is 0 Å². The van der Waals surface area contributed by atoms with Crippen molar-refractivity contribution in [2.75, 3.05) is 10.3 Å². The maximum atomic E-state index is 13.9. The molecule has 1 fully saturated rings. The molecule has 4 rings (SSSR count). The number of nitrogens with one attached hydrogen (secondary N) is 1. The van der Waals surface area contributed by atoms with Crippen LogP contribution in [0.3, 0.4) is 0 Å². The molecule has 2 amide bonds. The van der Waals surface area contributed by atoms with Crippen LogP contribution < -0.4 is 10.3 Å². The number of anilines is 2. The van der Waals surface area contributed by atoms with Crippen molar-refractivity contribution in [2.45, 2.75) is 89.8 Å². The van der Waals surface area contributed by atoms with E-state index >= 15 is 0 Å². The second kappa shape index (κ2) is 14.2. The number of hydrogen-bond acceptors (Lipinski definition) is 7. The Labute approximate surface area is 249 Å². The lowest BCUT2D eigenvalue weighted by Gasteiger charge is -2.40. The number of fused-ring (bicyclic) bond motifs is 1. The van der Waals surface area contributed by atoms with Gasteiger partial charge in [-0.05, 0) is 43.2 Å². The molecule has 2 aliphatic heterocycles. The van der Waals surface area contributed by atoms with Crippen LogP contribution in [0, 0.1) is 23.0 Å². The zero-order chi connectivity index (χ0) is 29.5. The quantitative estimate of drug-likeness (QED) is 0.0789. The first-order valence-electron chi connectivity index (χ1n) is 14.5. The van der Waals surface area contributed by atoms with Crippen LogP contribution in [0.1, 0.15) is 70.3 Å². The number of non-ortho nitro benzene ring substituents is 1.